The van der Waals surface area contributed by atoms with Gasteiger partial charge < -0.3 is 30.3 Å². The van der Waals surface area contributed by atoms with E-state index in [1.165, 1.54) is 17.0 Å². The lowest BCUT2D eigenvalue weighted by molar-refractivity contribution is -0.224. The Balaban J connectivity index is 1.40. The van der Waals surface area contributed by atoms with Crippen LogP contribution in [-0.4, -0.2) is 84.4 Å². The Morgan fingerprint density at radius 1 is 1.13 bits per heavy atom. The van der Waals surface area contributed by atoms with E-state index in [1.807, 2.05) is 35.2 Å². The first-order valence-corrected chi connectivity index (χ1v) is 16.2. The number of nitrogens with one attached hydrogen (secondary N) is 1. The highest BCUT2D eigenvalue weighted by Gasteiger charge is 2.59. The summed E-state index contributed by atoms with van der Waals surface area (Å²) in [6.45, 7) is 7.81. The van der Waals surface area contributed by atoms with Crippen molar-refractivity contribution in [3.8, 4) is 5.88 Å². The van der Waals surface area contributed by atoms with Crippen LogP contribution in [0.25, 0.3) is 5.57 Å². The Bertz CT molecular complexity index is 1490. The number of esters is 1. The van der Waals surface area contributed by atoms with E-state index in [0.717, 1.165) is 24.0 Å². The highest BCUT2D eigenvalue weighted by atomic mass is 19.4. The SMILES string of the molecule is CCOC(=O)[C@@H]1CC2(CCN(c3cc(O[C@@H](C(F)(F)F)C4(C(=O)N(CC)CC)C=CC(c5ccccc5)=CC4)nc(N)n3)CC2)CN1. The van der Waals surface area contributed by atoms with Gasteiger partial charge in [-0.3, -0.25) is 9.59 Å². The van der Waals surface area contributed by atoms with Crippen molar-refractivity contribution in [2.45, 2.75) is 64.8 Å². The van der Waals surface area contributed by atoms with Gasteiger partial charge in [0, 0.05) is 38.8 Å². The summed E-state index contributed by atoms with van der Waals surface area (Å²) in [5, 5.41) is 3.28. The van der Waals surface area contributed by atoms with Crippen LogP contribution in [0, 0.1) is 10.8 Å². The van der Waals surface area contributed by atoms with Gasteiger partial charge >= 0.3 is 12.1 Å². The molecule has 1 spiro atoms. The molecule has 1 aromatic heterocycles. The summed E-state index contributed by atoms with van der Waals surface area (Å²) in [7, 11) is 0. The van der Waals surface area contributed by atoms with Crippen molar-refractivity contribution in [3.63, 3.8) is 0 Å². The van der Waals surface area contributed by atoms with Crippen molar-refractivity contribution >= 4 is 29.2 Å². The largest absolute Gasteiger partial charge is 0.465 e. The van der Waals surface area contributed by atoms with Crippen LogP contribution in [-0.2, 0) is 14.3 Å². The van der Waals surface area contributed by atoms with Crippen LogP contribution in [0.15, 0.2) is 54.6 Å². The molecule has 1 aromatic carbocycles. The maximum atomic E-state index is 15.1. The third kappa shape index (κ3) is 7.24. The third-order valence-electron chi connectivity index (χ3n) is 9.57. The monoisotopic (exact) mass is 656 g/mol. The molecule has 47 heavy (non-hydrogen) atoms. The van der Waals surface area contributed by atoms with E-state index < -0.39 is 23.6 Å². The van der Waals surface area contributed by atoms with E-state index in [0.29, 0.717) is 38.5 Å². The Morgan fingerprint density at radius 2 is 1.83 bits per heavy atom. The number of amides is 1. The smallest absolute Gasteiger partial charge is 0.426 e. The van der Waals surface area contributed by atoms with Gasteiger partial charge in [0.05, 0.1) is 6.61 Å². The molecule has 3 aliphatic rings. The van der Waals surface area contributed by atoms with Crippen LogP contribution in [0.5, 0.6) is 5.88 Å². The minimum atomic E-state index is -4.94. The highest BCUT2D eigenvalue weighted by Crippen LogP contribution is 2.46. The Morgan fingerprint density at radius 3 is 2.43 bits per heavy atom. The zero-order chi connectivity index (χ0) is 33.8. The van der Waals surface area contributed by atoms with E-state index in [1.54, 1.807) is 32.9 Å². The van der Waals surface area contributed by atoms with Gasteiger partial charge in [-0.05, 0) is 63.0 Å². The van der Waals surface area contributed by atoms with Crippen LogP contribution in [0.3, 0.4) is 0 Å². The molecule has 1 unspecified atom stereocenters. The van der Waals surface area contributed by atoms with E-state index in [-0.39, 0.29) is 48.8 Å². The number of aromatic nitrogens is 2. The number of carbonyl (C=O) groups is 2. The topological polar surface area (TPSA) is 123 Å². The molecule has 13 heteroatoms. The first-order chi connectivity index (χ1) is 22.4. The lowest BCUT2D eigenvalue weighted by atomic mass is 9.73. The number of piperidine rings is 1. The number of benzene rings is 1. The minimum Gasteiger partial charge on any atom is -0.465 e. The summed E-state index contributed by atoms with van der Waals surface area (Å²) >= 11 is 0. The summed E-state index contributed by atoms with van der Waals surface area (Å²) < 4.78 is 56.1. The summed E-state index contributed by atoms with van der Waals surface area (Å²) in [6.07, 6.45) is -1.02. The van der Waals surface area contributed by atoms with Gasteiger partial charge in [0.25, 0.3) is 0 Å². The predicted octanol–water partition coefficient (Wildman–Crippen LogP) is 4.78. The molecule has 1 aliphatic carbocycles. The van der Waals surface area contributed by atoms with E-state index in [4.69, 9.17) is 15.2 Å². The number of rotatable bonds is 10. The molecule has 0 bridgehead atoms. The van der Waals surface area contributed by atoms with Crippen LogP contribution in [0.2, 0.25) is 0 Å². The standard InChI is InChI=1S/C34H43F3N6O4/c1-4-42(5-2)30(45)33(14-12-24(13-15-33)23-10-8-7-9-11-23)29(34(35,36)37)47-27-20-26(40-31(38)41-27)43-18-16-32(17-19-43)21-25(39-22-32)28(44)46-6-3/h7-14,20,25,29,39H,4-6,15-19,21-22H2,1-3H3,(H2,38,40,41)/t25-,29+,33?/m0/s1. The molecule has 2 fully saturated rings. The van der Waals surface area contributed by atoms with Crippen molar-refractivity contribution in [2.75, 3.05) is 50.0 Å². The average molecular weight is 657 g/mol. The number of nitrogens with zero attached hydrogens (tertiary/aromatic N) is 4. The van der Waals surface area contributed by atoms with Gasteiger partial charge in [-0.15, -0.1) is 0 Å². The van der Waals surface area contributed by atoms with E-state index in [9.17, 15) is 9.59 Å². The van der Waals surface area contributed by atoms with Gasteiger partial charge in [0.2, 0.25) is 23.8 Å². The fourth-order valence-electron chi connectivity index (χ4n) is 6.92. The number of hydrogen-bond donors (Lipinski definition) is 2. The molecule has 5 rings (SSSR count). The number of nitrogens with two attached hydrogens (primary N) is 1. The van der Waals surface area contributed by atoms with Crippen molar-refractivity contribution in [1.82, 2.24) is 20.2 Å². The number of anilines is 2. The Labute approximate surface area is 273 Å². The maximum Gasteiger partial charge on any atom is 0.426 e. The quantitative estimate of drug-likeness (QED) is 0.348. The second-order valence-electron chi connectivity index (χ2n) is 12.4. The normalized spacial score (nSPS) is 22.9. The molecule has 2 aliphatic heterocycles. The number of carbonyl (C=O) groups excluding carboxylic acids is 2. The van der Waals surface area contributed by atoms with Gasteiger partial charge in [0.15, 0.2) is 0 Å². The van der Waals surface area contributed by atoms with Gasteiger partial charge in [-0.2, -0.15) is 23.1 Å². The maximum absolute atomic E-state index is 15.1. The minimum absolute atomic E-state index is 0.0934. The average Bonchev–Trinajstić information content (AvgIpc) is 3.47. The predicted molar refractivity (Wildman–Crippen MR) is 172 cm³/mol. The summed E-state index contributed by atoms with van der Waals surface area (Å²) in [4.78, 5) is 37.9. The molecule has 3 N–H and O–H groups in total. The number of alkyl halides is 3. The van der Waals surface area contributed by atoms with Crippen molar-refractivity contribution in [3.05, 3.63) is 60.2 Å². The second kappa shape index (κ2) is 13.9. The van der Waals surface area contributed by atoms with E-state index >= 15 is 13.2 Å². The fourth-order valence-corrected chi connectivity index (χ4v) is 6.92. The first kappa shape index (κ1) is 34.2. The van der Waals surface area contributed by atoms with Crippen molar-refractivity contribution in [1.29, 1.82) is 0 Å². The van der Waals surface area contributed by atoms with Crippen LogP contribution < -0.4 is 20.7 Å². The van der Waals surface area contributed by atoms with Crippen LogP contribution in [0.4, 0.5) is 24.9 Å². The third-order valence-corrected chi connectivity index (χ3v) is 9.57. The molecule has 0 saturated carbocycles. The van der Waals surface area contributed by atoms with Gasteiger partial charge in [-0.1, -0.05) is 48.6 Å². The number of ether oxygens (including phenoxy) is 2. The lowest BCUT2D eigenvalue weighted by Gasteiger charge is -2.41. The highest BCUT2D eigenvalue weighted by molar-refractivity contribution is 5.89. The van der Waals surface area contributed by atoms with Gasteiger partial charge in [-0.25, -0.2) is 0 Å². The lowest BCUT2D eigenvalue weighted by Crippen LogP contribution is -2.57. The summed E-state index contributed by atoms with van der Waals surface area (Å²) in [6, 6.07) is 10.3. The molecule has 0 radical (unpaired) electrons. The number of halogens is 3. The number of hydrogen-bond acceptors (Lipinski definition) is 9. The summed E-state index contributed by atoms with van der Waals surface area (Å²) in [5.74, 6) is -1.20. The molecule has 2 saturated heterocycles. The number of allylic oxidation sites excluding steroid dienone is 3. The number of nitrogen functional groups attached to an aromatic ring is 1. The molecule has 10 nitrogen and oxygen atoms in total. The molecule has 3 atom stereocenters. The molecular weight excluding hydrogens is 613 g/mol. The van der Waals surface area contributed by atoms with Crippen LogP contribution in [0.1, 0.15) is 52.0 Å². The molecule has 2 aromatic rings. The molecule has 1 amide bonds. The van der Waals surface area contributed by atoms with Crippen molar-refractivity contribution < 1.29 is 32.2 Å². The first-order valence-electron chi connectivity index (χ1n) is 16.2. The Hall–Kier alpha value is -4.13. The summed E-state index contributed by atoms with van der Waals surface area (Å²) in [5.41, 5.74) is 5.40. The zero-order valence-electron chi connectivity index (χ0n) is 27.1. The molecule has 254 valence electrons. The zero-order valence-corrected chi connectivity index (χ0v) is 27.1. The fraction of sp³-hybridized carbons (Fsp3) is 0.529. The molecular formula is C34H43F3N6O4. The van der Waals surface area contributed by atoms with Crippen LogP contribution >= 0.6 is 0 Å². The van der Waals surface area contributed by atoms with Crippen molar-refractivity contribution in [2.24, 2.45) is 10.8 Å². The van der Waals surface area contributed by atoms with E-state index in [2.05, 4.69) is 15.3 Å². The Kier molecular flexibility index (Phi) is 10.1. The molecule has 3 heterocycles. The van der Waals surface area contributed by atoms with Gasteiger partial charge in [0.1, 0.15) is 17.3 Å². The second-order valence-corrected chi connectivity index (χ2v) is 12.4.